The minimum atomic E-state index is -0.870. The molecule has 2 rings (SSSR count). The molecule has 2 aromatic rings. The Bertz CT molecular complexity index is 937. The van der Waals surface area contributed by atoms with E-state index in [1.807, 2.05) is 60.7 Å². The number of rotatable bonds is 13. The van der Waals surface area contributed by atoms with Crippen molar-refractivity contribution in [2.24, 2.45) is 0 Å². The Morgan fingerprint density at radius 2 is 1.41 bits per heavy atom. The monoisotopic (exact) mass is 468 g/mol. The molecule has 0 saturated heterocycles. The van der Waals surface area contributed by atoms with E-state index < -0.39 is 23.9 Å². The molecule has 4 amide bonds. The third-order valence-electron chi connectivity index (χ3n) is 4.97. The Labute approximate surface area is 199 Å². The molecule has 34 heavy (non-hydrogen) atoms. The molecule has 0 saturated carbocycles. The fourth-order valence-corrected chi connectivity index (χ4v) is 3.18. The Kier molecular flexibility index (Phi) is 11.3. The topological polar surface area (TPSA) is 137 Å². The van der Waals surface area contributed by atoms with Crippen molar-refractivity contribution >= 4 is 23.6 Å². The van der Waals surface area contributed by atoms with Gasteiger partial charge in [0.25, 0.3) is 0 Å². The third-order valence-corrected chi connectivity index (χ3v) is 4.97. The van der Waals surface area contributed by atoms with Crippen LogP contribution in [-0.2, 0) is 32.0 Å². The van der Waals surface area contributed by atoms with Crippen molar-refractivity contribution in [3.63, 3.8) is 0 Å². The van der Waals surface area contributed by atoms with Crippen molar-refractivity contribution in [2.45, 2.75) is 38.3 Å². The van der Waals surface area contributed by atoms with Crippen molar-refractivity contribution in [3.8, 4) is 0 Å². The Balaban J connectivity index is 1.91. The number of amides is 4. The van der Waals surface area contributed by atoms with Crippen molar-refractivity contribution in [2.75, 3.05) is 19.7 Å². The van der Waals surface area contributed by atoms with E-state index >= 15 is 0 Å². The van der Waals surface area contributed by atoms with Crippen LogP contribution in [0.3, 0.4) is 0 Å². The van der Waals surface area contributed by atoms with Crippen LogP contribution in [0.2, 0.25) is 0 Å². The highest BCUT2D eigenvalue weighted by molar-refractivity contribution is 5.92. The molecule has 0 unspecified atom stereocenters. The smallest absolute Gasteiger partial charge is 0.243 e. The van der Waals surface area contributed by atoms with Crippen LogP contribution in [-0.4, -0.2) is 60.5 Å². The molecule has 0 aliphatic carbocycles. The van der Waals surface area contributed by atoms with Gasteiger partial charge < -0.3 is 26.4 Å². The van der Waals surface area contributed by atoms with Gasteiger partial charge in [0.15, 0.2) is 0 Å². The second-order valence-electron chi connectivity index (χ2n) is 7.85. The number of benzene rings is 2. The summed E-state index contributed by atoms with van der Waals surface area (Å²) in [7, 11) is 0. The maximum Gasteiger partial charge on any atom is 0.243 e. The minimum Gasteiger partial charge on any atom is -0.396 e. The van der Waals surface area contributed by atoms with E-state index in [0.717, 1.165) is 11.1 Å². The molecule has 2 atom stereocenters. The van der Waals surface area contributed by atoms with Gasteiger partial charge in [-0.2, -0.15) is 0 Å². The summed E-state index contributed by atoms with van der Waals surface area (Å²) in [6, 6.07) is 16.8. The molecule has 0 spiro atoms. The highest BCUT2D eigenvalue weighted by atomic mass is 16.3. The summed E-state index contributed by atoms with van der Waals surface area (Å²) in [4.78, 5) is 49.5. The van der Waals surface area contributed by atoms with E-state index in [2.05, 4.69) is 21.3 Å². The minimum absolute atomic E-state index is 0.0426. The van der Waals surface area contributed by atoms with Crippen LogP contribution in [0.15, 0.2) is 60.7 Å². The van der Waals surface area contributed by atoms with Gasteiger partial charge in [-0.25, -0.2) is 0 Å². The highest BCUT2D eigenvalue weighted by Gasteiger charge is 2.22. The zero-order chi connectivity index (χ0) is 24.8. The van der Waals surface area contributed by atoms with Gasteiger partial charge >= 0.3 is 0 Å². The number of hydrogen-bond donors (Lipinski definition) is 5. The summed E-state index contributed by atoms with van der Waals surface area (Å²) in [5, 5.41) is 19.2. The lowest BCUT2D eigenvalue weighted by Gasteiger charge is -2.19. The first-order valence-electron chi connectivity index (χ1n) is 11.2. The van der Waals surface area contributed by atoms with Gasteiger partial charge in [-0.05, 0) is 24.5 Å². The van der Waals surface area contributed by atoms with E-state index in [-0.39, 0.29) is 37.8 Å². The molecule has 0 bridgehead atoms. The maximum atomic E-state index is 12.8. The van der Waals surface area contributed by atoms with E-state index in [9.17, 15) is 19.2 Å². The average molecular weight is 469 g/mol. The van der Waals surface area contributed by atoms with E-state index in [1.165, 1.54) is 6.92 Å². The SMILES string of the molecule is C[C@H](NC(=O)CNC(=O)[C@H](Cc1ccccc1)NC(=O)Cc1ccccc1)C(=O)NCCCO. The van der Waals surface area contributed by atoms with Gasteiger partial charge in [0, 0.05) is 19.6 Å². The standard InChI is InChI=1S/C25H32N4O5/c1-18(24(33)26-13-8-14-30)28-23(32)17-27-25(34)21(15-19-9-4-2-5-10-19)29-22(31)16-20-11-6-3-7-12-20/h2-7,9-12,18,21,30H,8,13-17H2,1H3,(H,26,33)(H,27,34)(H,28,32)(H,29,31)/t18-,21-/m0/s1. The van der Waals surface area contributed by atoms with E-state index in [4.69, 9.17) is 5.11 Å². The van der Waals surface area contributed by atoms with Crippen LogP contribution >= 0.6 is 0 Å². The lowest BCUT2D eigenvalue weighted by molar-refractivity contribution is -0.131. The molecule has 5 N–H and O–H groups in total. The number of nitrogens with one attached hydrogen (secondary N) is 4. The zero-order valence-electron chi connectivity index (χ0n) is 19.3. The second-order valence-corrected chi connectivity index (χ2v) is 7.85. The third kappa shape index (κ3) is 9.83. The first-order chi connectivity index (χ1) is 16.4. The molecule has 0 aliphatic rings. The van der Waals surface area contributed by atoms with Crippen molar-refractivity contribution < 1.29 is 24.3 Å². The quantitative estimate of drug-likeness (QED) is 0.265. The molecular weight excluding hydrogens is 436 g/mol. The van der Waals surface area contributed by atoms with Crippen molar-refractivity contribution in [1.29, 1.82) is 0 Å². The molecule has 0 radical (unpaired) electrons. The van der Waals surface area contributed by atoms with Crippen molar-refractivity contribution in [1.82, 2.24) is 21.3 Å². The Morgan fingerprint density at radius 3 is 2.03 bits per heavy atom. The van der Waals surface area contributed by atoms with Crippen LogP contribution in [0.5, 0.6) is 0 Å². The maximum absolute atomic E-state index is 12.8. The van der Waals surface area contributed by atoms with Gasteiger partial charge in [-0.15, -0.1) is 0 Å². The molecular formula is C25H32N4O5. The summed E-state index contributed by atoms with van der Waals surface area (Å²) >= 11 is 0. The Hall–Kier alpha value is -3.72. The molecule has 182 valence electrons. The van der Waals surface area contributed by atoms with Crippen LogP contribution in [0.1, 0.15) is 24.5 Å². The summed E-state index contributed by atoms with van der Waals surface area (Å²) in [6.45, 7) is 1.44. The first kappa shape index (κ1) is 26.5. The molecule has 0 aliphatic heterocycles. The van der Waals surface area contributed by atoms with Gasteiger partial charge in [0.05, 0.1) is 13.0 Å². The molecule has 0 heterocycles. The largest absolute Gasteiger partial charge is 0.396 e. The first-order valence-corrected chi connectivity index (χ1v) is 11.2. The van der Waals surface area contributed by atoms with E-state index in [0.29, 0.717) is 13.0 Å². The van der Waals surface area contributed by atoms with Crippen LogP contribution in [0.4, 0.5) is 0 Å². The summed E-state index contributed by atoms with van der Waals surface area (Å²) in [6.07, 6.45) is 0.808. The number of carbonyl (C=O) groups excluding carboxylic acids is 4. The molecule has 0 aromatic heterocycles. The van der Waals surface area contributed by atoms with Gasteiger partial charge in [-0.1, -0.05) is 60.7 Å². The summed E-state index contributed by atoms with van der Waals surface area (Å²) in [5.74, 6) is -1.73. The van der Waals surface area contributed by atoms with Gasteiger partial charge in [-0.3, -0.25) is 19.2 Å². The Morgan fingerprint density at radius 1 is 0.794 bits per heavy atom. The van der Waals surface area contributed by atoms with Gasteiger partial charge in [0.1, 0.15) is 12.1 Å². The zero-order valence-corrected chi connectivity index (χ0v) is 19.3. The van der Waals surface area contributed by atoms with Crippen LogP contribution in [0.25, 0.3) is 0 Å². The fourth-order valence-electron chi connectivity index (χ4n) is 3.18. The highest BCUT2D eigenvalue weighted by Crippen LogP contribution is 2.05. The normalized spacial score (nSPS) is 12.2. The van der Waals surface area contributed by atoms with Crippen LogP contribution < -0.4 is 21.3 Å². The predicted octanol–water partition coefficient (Wildman–Crippen LogP) is 0.0761. The number of hydrogen-bond acceptors (Lipinski definition) is 5. The molecule has 9 heteroatoms. The van der Waals surface area contributed by atoms with Gasteiger partial charge in [0.2, 0.25) is 23.6 Å². The molecule has 0 fully saturated rings. The fraction of sp³-hybridized carbons (Fsp3) is 0.360. The average Bonchev–Trinajstić information content (AvgIpc) is 2.83. The number of aliphatic hydroxyl groups is 1. The summed E-state index contributed by atoms with van der Waals surface area (Å²) in [5.41, 5.74) is 1.68. The number of aliphatic hydroxyl groups excluding tert-OH is 1. The van der Waals surface area contributed by atoms with Crippen molar-refractivity contribution in [3.05, 3.63) is 71.8 Å². The molecule has 9 nitrogen and oxygen atoms in total. The number of carbonyl (C=O) groups is 4. The van der Waals surface area contributed by atoms with E-state index in [1.54, 1.807) is 0 Å². The second kappa shape index (κ2) is 14.4. The van der Waals surface area contributed by atoms with Crippen LogP contribution in [0, 0.1) is 0 Å². The lowest BCUT2D eigenvalue weighted by Crippen LogP contribution is -2.52. The lowest BCUT2D eigenvalue weighted by atomic mass is 10.0. The summed E-state index contributed by atoms with van der Waals surface area (Å²) < 4.78 is 0. The molecule has 2 aromatic carbocycles. The predicted molar refractivity (Wildman–Crippen MR) is 128 cm³/mol.